The summed E-state index contributed by atoms with van der Waals surface area (Å²) < 4.78 is 39.6. The van der Waals surface area contributed by atoms with Crippen LogP contribution in [0, 0.1) is 13.8 Å². The number of nitrogens with zero attached hydrogens (tertiary/aromatic N) is 1. The minimum absolute atomic E-state index is 0.0536. The Hall–Kier alpha value is -2.58. The highest BCUT2D eigenvalue weighted by Gasteiger charge is 2.33. The fourth-order valence-electron chi connectivity index (χ4n) is 3.96. The molecule has 2 aliphatic heterocycles. The summed E-state index contributed by atoms with van der Waals surface area (Å²) in [6.07, 6.45) is 1.94. The Bertz CT molecular complexity index is 1090. The molecule has 0 bridgehead atoms. The predicted molar refractivity (Wildman–Crippen MR) is 115 cm³/mol. The van der Waals surface area contributed by atoms with E-state index in [0.29, 0.717) is 24.6 Å². The van der Waals surface area contributed by atoms with Gasteiger partial charge >= 0.3 is 0 Å². The summed E-state index contributed by atoms with van der Waals surface area (Å²) in [6.45, 7) is 4.95. The molecule has 2 aromatic carbocycles. The van der Waals surface area contributed by atoms with E-state index in [9.17, 15) is 13.2 Å². The Morgan fingerprint density at radius 2 is 1.97 bits per heavy atom. The Labute approximate surface area is 177 Å². The number of methoxy groups -OCH3 is 1. The molecule has 2 aliphatic rings. The summed E-state index contributed by atoms with van der Waals surface area (Å²) >= 11 is 0. The molecule has 0 radical (unpaired) electrons. The highest BCUT2D eigenvalue weighted by molar-refractivity contribution is 7.92. The molecule has 160 valence electrons. The van der Waals surface area contributed by atoms with Gasteiger partial charge in [-0.15, -0.1) is 0 Å². The van der Waals surface area contributed by atoms with E-state index in [2.05, 4.69) is 4.72 Å². The summed E-state index contributed by atoms with van der Waals surface area (Å²) in [5, 5.41) is 0. The van der Waals surface area contributed by atoms with E-state index in [1.807, 2.05) is 19.9 Å². The van der Waals surface area contributed by atoms with Gasteiger partial charge in [0, 0.05) is 18.8 Å². The smallest absolute Gasteiger partial charge is 0.265 e. The molecule has 0 spiro atoms. The molecule has 1 atom stereocenters. The zero-order valence-corrected chi connectivity index (χ0v) is 18.2. The van der Waals surface area contributed by atoms with Crippen LogP contribution in [0.5, 0.6) is 5.75 Å². The van der Waals surface area contributed by atoms with Crippen LogP contribution in [0.2, 0.25) is 0 Å². The highest BCUT2D eigenvalue weighted by atomic mass is 32.2. The first kappa shape index (κ1) is 20.7. The monoisotopic (exact) mass is 430 g/mol. The number of sulfonamides is 1. The molecule has 1 saturated heterocycles. The first-order valence-corrected chi connectivity index (χ1v) is 11.5. The molecule has 1 N–H and O–H groups in total. The molecule has 1 amide bonds. The van der Waals surface area contributed by atoms with Crippen molar-refractivity contribution in [2.45, 2.75) is 44.1 Å². The molecule has 2 aromatic rings. The second kappa shape index (κ2) is 7.92. The third-order valence-corrected chi connectivity index (χ3v) is 7.18. The summed E-state index contributed by atoms with van der Waals surface area (Å²) in [5.41, 5.74) is 3.97. The average molecular weight is 431 g/mol. The van der Waals surface area contributed by atoms with Crippen LogP contribution < -0.4 is 14.4 Å². The number of benzene rings is 2. The molecular formula is C22H26N2O5S. The van der Waals surface area contributed by atoms with Gasteiger partial charge in [-0.3, -0.25) is 9.52 Å². The molecule has 2 heterocycles. The van der Waals surface area contributed by atoms with Gasteiger partial charge < -0.3 is 14.4 Å². The largest absolute Gasteiger partial charge is 0.495 e. The van der Waals surface area contributed by atoms with E-state index in [1.54, 1.807) is 29.2 Å². The van der Waals surface area contributed by atoms with Gasteiger partial charge in [0.05, 0.1) is 12.8 Å². The van der Waals surface area contributed by atoms with Crippen LogP contribution in [0.15, 0.2) is 35.2 Å². The first-order valence-electron chi connectivity index (χ1n) is 10.0. The van der Waals surface area contributed by atoms with Gasteiger partial charge in [0.15, 0.2) is 0 Å². The number of carbonyl (C=O) groups excluding carboxylic acids is 1. The van der Waals surface area contributed by atoms with E-state index in [4.69, 9.17) is 9.47 Å². The van der Waals surface area contributed by atoms with Crippen molar-refractivity contribution in [3.05, 3.63) is 47.0 Å². The normalized spacial score (nSPS) is 18.4. The SMILES string of the molecule is COc1cc(C)c(C)cc1S(=O)(=O)Nc1ccc2c(c1)N(C(=O)C1CCCO1)CC2. The van der Waals surface area contributed by atoms with Crippen molar-refractivity contribution in [1.82, 2.24) is 0 Å². The summed E-state index contributed by atoms with van der Waals surface area (Å²) in [4.78, 5) is 14.6. The fourth-order valence-corrected chi connectivity index (χ4v) is 5.25. The maximum absolute atomic E-state index is 13.1. The van der Waals surface area contributed by atoms with Crippen molar-refractivity contribution in [2.24, 2.45) is 0 Å². The summed E-state index contributed by atoms with van der Waals surface area (Å²) in [5.74, 6) is 0.240. The van der Waals surface area contributed by atoms with Crippen molar-refractivity contribution in [2.75, 3.05) is 29.9 Å². The summed E-state index contributed by atoms with van der Waals surface area (Å²) in [6, 6.07) is 8.64. The van der Waals surface area contributed by atoms with Gasteiger partial charge in [-0.25, -0.2) is 8.42 Å². The molecule has 0 aromatic heterocycles. The lowest BCUT2D eigenvalue weighted by atomic mass is 10.1. The zero-order chi connectivity index (χ0) is 21.5. The fraction of sp³-hybridized carbons (Fsp3) is 0.409. The van der Waals surface area contributed by atoms with Crippen LogP contribution in [0.25, 0.3) is 0 Å². The topological polar surface area (TPSA) is 84.9 Å². The number of aryl methyl sites for hydroxylation is 2. The van der Waals surface area contributed by atoms with E-state index >= 15 is 0 Å². The van der Waals surface area contributed by atoms with Gasteiger partial charge in [0.25, 0.3) is 15.9 Å². The number of hydrogen-bond acceptors (Lipinski definition) is 5. The Kier molecular flexibility index (Phi) is 5.46. The minimum Gasteiger partial charge on any atom is -0.495 e. The van der Waals surface area contributed by atoms with Crippen molar-refractivity contribution in [1.29, 1.82) is 0 Å². The van der Waals surface area contributed by atoms with Crippen molar-refractivity contribution in [3.8, 4) is 5.75 Å². The summed E-state index contributed by atoms with van der Waals surface area (Å²) in [7, 11) is -2.42. The van der Waals surface area contributed by atoms with Crippen molar-refractivity contribution in [3.63, 3.8) is 0 Å². The van der Waals surface area contributed by atoms with E-state index in [0.717, 1.165) is 41.6 Å². The van der Waals surface area contributed by atoms with Crippen LogP contribution in [-0.2, 0) is 26.0 Å². The van der Waals surface area contributed by atoms with Crippen molar-refractivity contribution >= 4 is 27.3 Å². The van der Waals surface area contributed by atoms with Crippen LogP contribution in [-0.4, -0.2) is 40.7 Å². The first-order chi connectivity index (χ1) is 14.3. The number of carbonyl (C=O) groups is 1. The molecule has 0 aliphatic carbocycles. The van der Waals surface area contributed by atoms with Crippen LogP contribution in [0.4, 0.5) is 11.4 Å². The Morgan fingerprint density at radius 1 is 1.20 bits per heavy atom. The van der Waals surface area contributed by atoms with E-state index in [1.165, 1.54) is 7.11 Å². The van der Waals surface area contributed by atoms with Crippen molar-refractivity contribution < 1.29 is 22.7 Å². The maximum Gasteiger partial charge on any atom is 0.265 e. The number of anilines is 2. The third kappa shape index (κ3) is 3.77. The zero-order valence-electron chi connectivity index (χ0n) is 17.4. The minimum atomic E-state index is -3.87. The number of ether oxygens (including phenoxy) is 2. The van der Waals surface area contributed by atoms with E-state index in [-0.39, 0.29) is 10.8 Å². The molecule has 1 fully saturated rings. The second-order valence-electron chi connectivity index (χ2n) is 7.78. The van der Waals surface area contributed by atoms with Crippen LogP contribution in [0.3, 0.4) is 0 Å². The molecule has 30 heavy (non-hydrogen) atoms. The maximum atomic E-state index is 13.1. The number of hydrogen-bond donors (Lipinski definition) is 1. The lowest BCUT2D eigenvalue weighted by Gasteiger charge is -2.21. The lowest BCUT2D eigenvalue weighted by molar-refractivity contribution is -0.127. The predicted octanol–water partition coefficient (Wildman–Crippen LogP) is 3.18. The molecular weight excluding hydrogens is 404 g/mol. The van der Waals surface area contributed by atoms with Gasteiger partial charge in [-0.1, -0.05) is 6.07 Å². The molecule has 4 rings (SSSR count). The number of rotatable bonds is 5. The van der Waals surface area contributed by atoms with Gasteiger partial charge in [-0.05, 0) is 74.1 Å². The molecule has 7 nitrogen and oxygen atoms in total. The number of fused-ring (bicyclic) bond motifs is 1. The number of amides is 1. The number of nitrogens with one attached hydrogen (secondary N) is 1. The standard InChI is InChI=1S/C22H26N2O5S/c1-14-11-20(28-3)21(12-15(14)2)30(26,27)23-17-7-6-16-8-9-24(18(16)13-17)22(25)19-5-4-10-29-19/h6-7,11-13,19,23H,4-5,8-10H2,1-3H3. The van der Waals surface area contributed by atoms with Crippen LogP contribution in [0.1, 0.15) is 29.5 Å². The average Bonchev–Trinajstić information content (AvgIpc) is 3.38. The third-order valence-electron chi connectivity index (χ3n) is 5.77. The van der Waals surface area contributed by atoms with Crippen LogP contribution >= 0.6 is 0 Å². The second-order valence-corrected chi connectivity index (χ2v) is 9.43. The van der Waals surface area contributed by atoms with E-state index < -0.39 is 16.1 Å². The van der Waals surface area contributed by atoms with Gasteiger partial charge in [0.1, 0.15) is 16.7 Å². The lowest BCUT2D eigenvalue weighted by Crippen LogP contribution is -2.37. The van der Waals surface area contributed by atoms with Gasteiger partial charge in [-0.2, -0.15) is 0 Å². The molecule has 1 unspecified atom stereocenters. The molecule has 8 heteroatoms. The Morgan fingerprint density at radius 3 is 2.67 bits per heavy atom. The highest BCUT2D eigenvalue weighted by Crippen LogP contribution is 2.34. The molecule has 0 saturated carbocycles. The Balaban J connectivity index is 1.63. The quantitative estimate of drug-likeness (QED) is 0.788. The van der Waals surface area contributed by atoms with Gasteiger partial charge in [0.2, 0.25) is 0 Å².